The fraction of sp³-hybridized carbons (Fsp3) is 0.0909. The van der Waals surface area contributed by atoms with Crippen LogP contribution in [0, 0.1) is 12.3 Å². The van der Waals surface area contributed by atoms with Crippen molar-refractivity contribution in [2.24, 2.45) is 0 Å². The van der Waals surface area contributed by atoms with Gasteiger partial charge in [0.2, 0.25) is 0 Å². The predicted octanol–water partition coefficient (Wildman–Crippen LogP) is 1.66. The lowest BCUT2D eigenvalue weighted by Gasteiger charge is -2.00. The molecule has 1 N–H and O–H groups in total. The number of terminal acetylenes is 1. The Labute approximate surface area is 91.1 Å². The number of nitrogens with one attached hydrogen (secondary N) is 1. The third kappa shape index (κ3) is 1.97. The van der Waals surface area contributed by atoms with Crippen molar-refractivity contribution in [1.29, 1.82) is 0 Å². The number of carbonyl (C=O) groups excluding carboxylic acids is 1. The van der Waals surface area contributed by atoms with Crippen LogP contribution in [0.25, 0.3) is 10.1 Å². The van der Waals surface area contributed by atoms with Gasteiger partial charge in [0.1, 0.15) is 5.69 Å². The molecule has 0 atom stereocenters. The van der Waals surface area contributed by atoms with Gasteiger partial charge in [-0.15, -0.1) is 17.8 Å². The molecule has 2 rings (SSSR count). The minimum atomic E-state index is -0.233. The topological polar surface area (TPSA) is 42.0 Å². The molecule has 0 unspecified atom stereocenters. The van der Waals surface area contributed by atoms with Crippen molar-refractivity contribution in [3.8, 4) is 12.3 Å². The van der Waals surface area contributed by atoms with Crippen LogP contribution in [0.4, 0.5) is 0 Å². The fourth-order valence-corrected chi connectivity index (χ4v) is 2.00. The first kappa shape index (κ1) is 9.69. The maximum Gasteiger partial charge on any atom is 0.270 e. The van der Waals surface area contributed by atoms with Crippen LogP contribution in [0.2, 0.25) is 0 Å². The Hall–Kier alpha value is -1.86. The Morgan fingerprint density at radius 3 is 3.33 bits per heavy atom. The molecule has 0 aliphatic heterocycles. The van der Waals surface area contributed by atoms with E-state index in [9.17, 15) is 4.79 Å². The summed E-state index contributed by atoms with van der Waals surface area (Å²) in [4.78, 5) is 15.6. The molecule has 1 amide bonds. The van der Waals surface area contributed by atoms with Gasteiger partial charge in [-0.3, -0.25) is 9.78 Å². The Balaban J connectivity index is 2.28. The van der Waals surface area contributed by atoms with Gasteiger partial charge in [-0.2, -0.15) is 0 Å². The molecule has 0 bridgehead atoms. The molecule has 2 aromatic rings. The van der Waals surface area contributed by atoms with Crippen LogP contribution in [0.3, 0.4) is 0 Å². The number of aromatic nitrogens is 1. The summed E-state index contributed by atoms with van der Waals surface area (Å²) in [6.07, 6.45) is 6.74. The van der Waals surface area contributed by atoms with E-state index in [1.165, 1.54) is 0 Å². The minimum Gasteiger partial charge on any atom is -0.340 e. The lowest BCUT2D eigenvalue weighted by Crippen LogP contribution is -2.24. The van der Waals surface area contributed by atoms with E-state index in [1.54, 1.807) is 23.6 Å². The number of rotatable bonds is 2. The third-order valence-electron chi connectivity index (χ3n) is 1.92. The molecule has 0 aromatic carbocycles. The predicted molar refractivity (Wildman–Crippen MR) is 60.8 cm³/mol. The molecule has 0 spiro atoms. The highest BCUT2D eigenvalue weighted by Gasteiger charge is 2.06. The van der Waals surface area contributed by atoms with Gasteiger partial charge in [0.25, 0.3) is 5.91 Å². The molecular weight excluding hydrogens is 208 g/mol. The lowest BCUT2D eigenvalue weighted by molar-refractivity contribution is 0.0954. The second kappa shape index (κ2) is 4.11. The number of thiophene rings is 1. The number of amides is 1. The molecule has 74 valence electrons. The molecule has 0 radical (unpaired) electrons. The van der Waals surface area contributed by atoms with Crippen LogP contribution in [0.5, 0.6) is 0 Å². The quantitative estimate of drug-likeness (QED) is 0.776. The number of fused-ring (bicyclic) bond motifs is 1. The molecule has 15 heavy (non-hydrogen) atoms. The Morgan fingerprint density at radius 1 is 1.67 bits per heavy atom. The van der Waals surface area contributed by atoms with Crippen molar-refractivity contribution in [3.05, 3.63) is 29.4 Å². The summed E-state index contributed by atoms with van der Waals surface area (Å²) < 4.78 is 1.05. The van der Waals surface area contributed by atoms with E-state index < -0.39 is 0 Å². The number of hydrogen-bond donors (Lipinski definition) is 1. The molecule has 0 fully saturated rings. The molecule has 2 aromatic heterocycles. The maximum absolute atomic E-state index is 11.5. The highest BCUT2D eigenvalue weighted by molar-refractivity contribution is 7.17. The summed E-state index contributed by atoms with van der Waals surface area (Å²) in [5.41, 5.74) is 0.403. The highest BCUT2D eigenvalue weighted by Crippen LogP contribution is 2.20. The van der Waals surface area contributed by atoms with Crippen molar-refractivity contribution in [2.75, 3.05) is 6.54 Å². The Kier molecular flexibility index (Phi) is 2.66. The van der Waals surface area contributed by atoms with Gasteiger partial charge in [-0.05, 0) is 17.5 Å². The van der Waals surface area contributed by atoms with Crippen molar-refractivity contribution < 1.29 is 4.79 Å². The van der Waals surface area contributed by atoms with E-state index in [1.807, 2.05) is 11.4 Å². The van der Waals surface area contributed by atoms with Crippen LogP contribution in [-0.2, 0) is 0 Å². The van der Waals surface area contributed by atoms with Gasteiger partial charge >= 0.3 is 0 Å². The maximum atomic E-state index is 11.5. The van der Waals surface area contributed by atoms with E-state index in [-0.39, 0.29) is 12.5 Å². The number of carbonyl (C=O) groups is 1. The zero-order valence-corrected chi connectivity index (χ0v) is 8.67. The van der Waals surface area contributed by atoms with Crippen LogP contribution in [-0.4, -0.2) is 17.4 Å². The molecule has 4 heteroatoms. The average Bonchev–Trinajstić information content (AvgIpc) is 2.72. The van der Waals surface area contributed by atoms with Gasteiger partial charge < -0.3 is 5.32 Å². The van der Waals surface area contributed by atoms with Crippen molar-refractivity contribution >= 4 is 27.3 Å². The van der Waals surface area contributed by atoms with Gasteiger partial charge in [-0.25, -0.2) is 0 Å². The largest absolute Gasteiger partial charge is 0.340 e. The highest BCUT2D eigenvalue weighted by atomic mass is 32.1. The van der Waals surface area contributed by atoms with E-state index in [4.69, 9.17) is 6.42 Å². The first-order valence-corrected chi connectivity index (χ1v) is 5.24. The molecular formula is C11H8N2OS. The lowest BCUT2D eigenvalue weighted by atomic mass is 10.3. The van der Waals surface area contributed by atoms with Crippen LogP contribution < -0.4 is 5.32 Å². The SMILES string of the molecule is C#CCNC(=O)c1cc2sccc2cn1. The second-order valence-electron chi connectivity index (χ2n) is 2.91. The molecule has 0 aliphatic carbocycles. The van der Waals surface area contributed by atoms with Crippen LogP contribution in [0.15, 0.2) is 23.7 Å². The minimum absolute atomic E-state index is 0.225. The fourth-order valence-electron chi connectivity index (χ4n) is 1.20. The monoisotopic (exact) mass is 216 g/mol. The zero-order valence-electron chi connectivity index (χ0n) is 7.86. The number of pyridine rings is 1. The van der Waals surface area contributed by atoms with Crippen molar-refractivity contribution in [1.82, 2.24) is 10.3 Å². The number of nitrogens with zero attached hydrogens (tertiary/aromatic N) is 1. The summed E-state index contributed by atoms with van der Waals surface area (Å²) in [6.45, 7) is 0.225. The summed E-state index contributed by atoms with van der Waals surface area (Å²) in [6, 6.07) is 3.74. The van der Waals surface area contributed by atoms with E-state index in [0.717, 1.165) is 10.1 Å². The van der Waals surface area contributed by atoms with Gasteiger partial charge in [0.05, 0.1) is 6.54 Å². The summed E-state index contributed by atoms with van der Waals surface area (Å²) in [5, 5.41) is 5.59. The van der Waals surface area contributed by atoms with E-state index in [0.29, 0.717) is 5.69 Å². The van der Waals surface area contributed by atoms with Gasteiger partial charge in [0, 0.05) is 16.3 Å². The molecule has 3 nitrogen and oxygen atoms in total. The standard InChI is InChI=1S/C11H8N2OS/c1-2-4-12-11(14)9-6-10-8(7-13-9)3-5-15-10/h1,3,5-7H,4H2,(H,12,14). The van der Waals surface area contributed by atoms with Crippen molar-refractivity contribution in [3.63, 3.8) is 0 Å². The molecule has 2 heterocycles. The molecule has 0 saturated heterocycles. The summed E-state index contributed by atoms with van der Waals surface area (Å²) >= 11 is 1.58. The van der Waals surface area contributed by atoms with Gasteiger partial charge in [-0.1, -0.05) is 5.92 Å². The smallest absolute Gasteiger partial charge is 0.270 e. The Bertz CT molecular complexity index is 539. The average molecular weight is 216 g/mol. The first-order valence-electron chi connectivity index (χ1n) is 4.36. The molecule has 0 saturated carbocycles. The molecule has 0 aliphatic rings. The zero-order chi connectivity index (χ0) is 10.7. The van der Waals surface area contributed by atoms with Crippen molar-refractivity contribution in [2.45, 2.75) is 0 Å². The summed E-state index contributed by atoms with van der Waals surface area (Å²) in [5.74, 6) is 2.11. The van der Waals surface area contributed by atoms with Crippen LogP contribution >= 0.6 is 11.3 Å². The normalized spacial score (nSPS) is 9.80. The number of hydrogen-bond acceptors (Lipinski definition) is 3. The second-order valence-corrected chi connectivity index (χ2v) is 3.86. The summed E-state index contributed by atoms with van der Waals surface area (Å²) in [7, 11) is 0. The van der Waals surface area contributed by atoms with E-state index in [2.05, 4.69) is 16.2 Å². The van der Waals surface area contributed by atoms with E-state index >= 15 is 0 Å². The van der Waals surface area contributed by atoms with Crippen LogP contribution in [0.1, 0.15) is 10.5 Å². The Morgan fingerprint density at radius 2 is 2.53 bits per heavy atom. The van der Waals surface area contributed by atoms with Gasteiger partial charge in [0.15, 0.2) is 0 Å². The third-order valence-corrected chi connectivity index (χ3v) is 2.80. The first-order chi connectivity index (χ1) is 7.31.